The second-order valence-electron chi connectivity index (χ2n) is 4.44. The highest BCUT2D eigenvalue weighted by Gasteiger charge is 2.19. The first kappa shape index (κ1) is 14.2. The quantitative estimate of drug-likeness (QED) is 0.810. The highest BCUT2D eigenvalue weighted by molar-refractivity contribution is 5.91. The van der Waals surface area contributed by atoms with E-state index in [0.717, 1.165) is 0 Å². The van der Waals surface area contributed by atoms with Gasteiger partial charge in [0.05, 0.1) is 12.7 Å². The van der Waals surface area contributed by atoms with E-state index in [1.54, 1.807) is 32.0 Å². The molecule has 6 heteroatoms. The normalized spacial score (nSPS) is 11.0. The Morgan fingerprint density at radius 3 is 2.75 bits per heavy atom. The van der Waals surface area contributed by atoms with Crippen LogP contribution in [-0.2, 0) is 0 Å². The molecule has 0 bridgehead atoms. The molecule has 0 amide bonds. The summed E-state index contributed by atoms with van der Waals surface area (Å²) in [7, 11) is 0. The maximum Gasteiger partial charge on any atom is 0.383 e. The van der Waals surface area contributed by atoms with Crippen molar-refractivity contribution >= 4 is 11.0 Å². The minimum Gasteiger partial charge on any atom is -0.503 e. The summed E-state index contributed by atoms with van der Waals surface area (Å²) < 4.78 is 15.7. The van der Waals surface area contributed by atoms with Gasteiger partial charge >= 0.3 is 5.63 Å². The summed E-state index contributed by atoms with van der Waals surface area (Å²) in [5.41, 5.74) is -0.554. The van der Waals surface area contributed by atoms with Crippen LogP contribution < -0.4 is 15.1 Å². The number of rotatable bonds is 5. The van der Waals surface area contributed by atoms with Gasteiger partial charge in [-0.15, -0.1) is 0 Å². The van der Waals surface area contributed by atoms with Gasteiger partial charge in [0.1, 0.15) is 23.3 Å². The first-order valence-corrected chi connectivity index (χ1v) is 6.23. The van der Waals surface area contributed by atoms with Crippen molar-refractivity contribution < 1.29 is 24.1 Å². The van der Waals surface area contributed by atoms with E-state index in [1.807, 2.05) is 0 Å². The van der Waals surface area contributed by atoms with Crippen LogP contribution in [0.3, 0.4) is 0 Å². The third-order valence-electron chi connectivity index (χ3n) is 2.53. The molecule has 0 saturated carbocycles. The van der Waals surface area contributed by atoms with Gasteiger partial charge in [0.15, 0.2) is 5.75 Å². The molecule has 1 aromatic heterocycles. The minimum absolute atomic E-state index is 0.0675. The highest BCUT2D eigenvalue weighted by atomic mass is 16.5. The SMILES string of the molecule is CC(C)Oc1c(O)c2c(OCCO)cccc2oc1=O. The smallest absolute Gasteiger partial charge is 0.383 e. The Morgan fingerprint density at radius 1 is 1.35 bits per heavy atom. The predicted molar refractivity (Wildman–Crippen MR) is 72.5 cm³/mol. The fraction of sp³-hybridized carbons (Fsp3) is 0.357. The van der Waals surface area contributed by atoms with Crippen molar-refractivity contribution in [1.29, 1.82) is 0 Å². The van der Waals surface area contributed by atoms with Crippen LogP contribution in [0.25, 0.3) is 11.0 Å². The van der Waals surface area contributed by atoms with Crippen LogP contribution in [0.2, 0.25) is 0 Å². The van der Waals surface area contributed by atoms with E-state index in [4.69, 9.17) is 19.0 Å². The van der Waals surface area contributed by atoms with E-state index in [9.17, 15) is 9.90 Å². The number of ether oxygens (including phenoxy) is 2. The fourth-order valence-corrected chi connectivity index (χ4v) is 1.80. The van der Waals surface area contributed by atoms with E-state index >= 15 is 0 Å². The predicted octanol–water partition coefficient (Wildman–Crippen LogP) is 1.66. The van der Waals surface area contributed by atoms with E-state index < -0.39 is 5.63 Å². The molecule has 0 aliphatic rings. The molecule has 0 aliphatic carbocycles. The molecule has 108 valence electrons. The largest absolute Gasteiger partial charge is 0.503 e. The summed E-state index contributed by atoms with van der Waals surface area (Å²) in [6.07, 6.45) is -0.285. The van der Waals surface area contributed by atoms with Gasteiger partial charge in [-0.1, -0.05) is 6.07 Å². The molecule has 2 N–H and O–H groups in total. The number of hydrogen-bond donors (Lipinski definition) is 2. The van der Waals surface area contributed by atoms with Gasteiger partial charge in [0, 0.05) is 0 Å². The molecule has 20 heavy (non-hydrogen) atoms. The van der Waals surface area contributed by atoms with Crippen LogP contribution in [-0.4, -0.2) is 29.5 Å². The van der Waals surface area contributed by atoms with Gasteiger partial charge in [-0.3, -0.25) is 0 Å². The van der Waals surface area contributed by atoms with Gasteiger partial charge in [0.2, 0.25) is 5.75 Å². The third kappa shape index (κ3) is 2.70. The Kier molecular flexibility index (Phi) is 4.14. The summed E-state index contributed by atoms with van der Waals surface area (Å²) in [6.45, 7) is 3.37. The zero-order valence-electron chi connectivity index (χ0n) is 11.3. The Balaban J connectivity index is 2.64. The van der Waals surface area contributed by atoms with Crippen molar-refractivity contribution in [2.75, 3.05) is 13.2 Å². The van der Waals surface area contributed by atoms with Crippen molar-refractivity contribution in [3.8, 4) is 17.2 Å². The van der Waals surface area contributed by atoms with Crippen molar-refractivity contribution in [2.45, 2.75) is 20.0 Å². The molecule has 0 fully saturated rings. The number of aliphatic hydroxyl groups excluding tert-OH is 1. The summed E-state index contributed by atoms with van der Waals surface area (Å²) in [5, 5.41) is 19.3. The lowest BCUT2D eigenvalue weighted by molar-refractivity contribution is 0.201. The van der Waals surface area contributed by atoms with Gasteiger partial charge in [-0.25, -0.2) is 4.79 Å². The first-order valence-electron chi connectivity index (χ1n) is 6.23. The van der Waals surface area contributed by atoms with Gasteiger partial charge in [-0.05, 0) is 26.0 Å². The molecule has 1 heterocycles. The van der Waals surface area contributed by atoms with Crippen LogP contribution in [0.4, 0.5) is 0 Å². The average molecular weight is 280 g/mol. The fourth-order valence-electron chi connectivity index (χ4n) is 1.80. The van der Waals surface area contributed by atoms with Crippen LogP contribution in [0.5, 0.6) is 17.2 Å². The Labute approximate surface area is 115 Å². The molecular weight excluding hydrogens is 264 g/mol. The average Bonchev–Trinajstić information content (AvgIpc) is 2.40. The number of benzene rings is 1. The molecule has 0 spiro atoms. The lowest BCUT2D eigenvalue weighted by Crippen LogP contribution is -2.13. The zero-order chi connectivity index (χ0) is 14.7. The number of aliphatic hydroxyl groups is 1. The van der Waals surface area contributed by atoms with Crippen LogP contribution in [0.15, 0.2) is 27.4 Å². The molecule has 2 rings (SSSR count). The van der Waals surface area contributed by atoms with Crippen LogP contribution in [0, 0.1) is 0 Å². The van der Waals surface area contributed by atoms with Crippen LogP contribution in [0.1, 0.15) is 13.8 Å². The third-order valence-corrected chi connectivity index (χ3v) is 2.53. The zero-order valence-corrected chi connectivity index (χ0v) is 11.3. The Morgan fingerprint density at radius 2 is 2.10 bits per heavy atom. The molecule has 0 unspecified atom stereocenters. The highest BCUT2D eigenvalue weighted by Crippen LogP contribution is 2.37. The summed E-state index contributed by atoms with van der Waals surface area (Å²) in [4.78, 5) is 11.8. The van der Waals surface area contributed by atoms with Crippen molar-refractivity contribution in [3.63, 3.8) is 0 Å². The molecule has 1 aromatic carbocycles. The lowest BCUT2D eigenvalue weighted by Gasteiger charge is -2.13. The van der Waals surface area contributed by atoms with E-state index in [1.165, 1.54) is 0 Å². The standard InChI is InChI=1S/C14H16O6/c1-8(2)19-13-12(16)11-9(18-7-6-15)4-3-5-10(11)20-14(13)17/h3-5,8,15-16H,6-7H2,1-2H3. The van der Waals surface area contributed by atoms with E-state index in [-0.39, 0.29) is 41.8 Å². The number of hydrogen-bond acceptors (Lipinski definition) is 6. The summed E-state index contributed by atoms with van der Waals surface area (Å²) >= 11 is 0. The second-order valence-corrected chi connectivity index (χ2v) is 4.44. The van der Waals surface area contributed by atoms with Crippen molar-refractivity contribution in [1.82, 2.24) is 0 Å². The van der Waals surface area contributed by atoms with Crippen molar-refractivity contribution in [3.05, 3.63) is 28.6 Å². The molecular formula is C14H16O6. The lowest BCUT2D eigenvalue weighted by atomic mass is 10.2. The van der Waals surface area contributed by atoms with E-state index in [2.05, 4.69) is 0 Å². The number of fused-ring (bicyclic) bond motifs is 1. The second kappa shape index (κ2) is 5.83. The van der Waals surface area contributed by atoms with Crippen molar-refractivity contribution in [2.24, 2.45) is 0 Å². The minimum atomic E-state index is -0.747. The summed E-state index contributed by atoms with van der Waals surface area (Å²) in [5.74, 6) is -0.252. The number of aromatic hydroxyl groups is 1. The molecule has 0 atom stereocenters. The molecule has 0 saturated heterocycles. The maximum atomic E-state index is 11.8. The molecule has 6 nitrogen and oxygen atoms in total. The van der Waals surface area contributed by atoms with Gasteiger partial charge < -0.3 is 24.1 Å². The maximum absolute atomic E-state index is 11.8. The monoisotopic (exact) mass is 280 g/mol. The first-order chi connectivity index (χ1) is 9.54. The molecule has 0 radical (unpaired) electrons. The Hall–Kier alpha value is -2.21. The Bertz CT molecular complexity index is 658. The van der Waals surface area contributed by atoms with E-state index in [0.29, 0.717) is 5.75 Å². The van der Waals surface area contributed by atoms with Gasteiger partial charge in [-0.2, -0.15) is 0 Å². The van der Waals surface area contributed by atoms with Crippen LogP contribution >= 0.6 is 0 Å². The summed E-state index contributed by atoms with van der Waals surface area (Å²) in [6, 6.07) is 4.78. The molecule has 2 aromatic rings. The topological polar surface area (TPSA) is 89.1 Å². The van der Waals surface area contributed by atoms with Gasteiger partial charge in [0.25, 0.3) is 0 Å². The molecule has 0 aliphatic heterocycles.